The number of halogens is 2. The molecule has 0 aliphatic carbocycles. The standard InChI is InChI=1S/C21H25ClIN5O3S/c1-12(2)27-8-6-14(7-9-27)24-21(29)30-19-13(3)28(20(23)25-19)11-15-10-16(31-26-15)17-4-5-18(22)32-17/h4-5,10,12,14H,6-9,11H2,1-3H3,(H,24,29). The summed E-state index contributed by atoms with van der Waals surface area (Å²) in [7, 11) is 0. The van der Waals surface area contributed by atoms with Crippen LogP contribution in [0.1, 0.15) is 38.1 Å². The molecule has 0 aromatic carbocycles. The quantitative estimate of drug-likeness (QED) is 0.399. The number of nitrogens with zero attached hydrogens (tertiary/aromatic N) is 4. The van der Waals surface area contributed by atoms with E-state index in [1.54, 1.807) is 0 Å². The zero-order valence-electron chi connectivity index (χ0n) is 18.1. The number of carbonyl (C=O) groups is 1. The van der Waals surface area contributed by atoms with Crippen LogP contribution in [0.25, 0.3) is 10.6 Å². The van der Waals surface area contributed by atoms with Crippen LogP contribution >= 0.6 is 45.5 Å². The van der Waals surface area contributed by atoms with Crippen molar-refractivity contribution in [1.82, 2.24) is 24.9 Å². The molecule has 1 aliphatic rings. The first kappa shape index (κ1) is 23.5. The van der Waals surface area contributed by atoms with Crippen molar-refractivity contribution < 1.29 is 14.1 Å². The maximum atomic E-state index is 12.5. The highest BCUT2D eigenvalue weighted by Gasteiger charge is 2.24. The third kappa shape index (κ3) is 5.46. The fourth-order valence-corrected chi connectivity index (χ4v) is 5.46. The fraction of sp³-hybridized carbons (Fsp3) is 0.476. The van der Waals surface area contributed by atoms with E-state index in [1.165, 1.54) is 11.3 Å². The summed E-state index contributed by atoms with van der Waals surface area (Å²) >= 11 is 9.57. The van der Waals surface area contributed by atoms with E-state index in [1.807, 2.05) is 29.7 Å². The van der Waals surface area contributed by atoms with Crippen LogP contribution in [0.5, 0.6) is 5.88 Å². The van der Waals surface area contributed by atoms with Gasteiger partial charge in [0.05, 0.1) is 21.5 Å². The number of carbonyl (C=O) groups excluding carboxylic acids is 1. The summed E-state index contributed by atoms with van der Waals surface area (Å²) in [5.74, 6) is 0.976. The summed E-state index contributed by atoms with van der Waals surface area (Å²) < 4.78 is 14.3. The molecule has 4 rings (SSSR count). The lowest BCUT2D eigenvalue weighted by Crippen LogP contribution is -2.47. The van der Waals surface area contributed by atoms with Crippen LogP contribution in [-0.2, 0) is 6.54 Å². The van der Waals surface area contributed by atoms with E-state index in [4.69, 9.17) is 20.9 Å². The van der Waals surface area contributed by atoms with E-state index < -0.39 is 6.09 Å². The summed E-state index contributed by atoms with van der Waals surface area (Å²) in [6, 6.07) is 6.27. The number of imidazole rings is 1. The van der Waals surface area contributed by atoms with Crippen LogP contribution in [-0.4, -0.2) is 50.9 Å². The predicted molar refractivity (Wildman–Crippen MR) is 132 cm³/mol. The highest BCUT2D eigenvalue weighted by molar-refractivity contribution is 14.1. The largest absolute Gasteiger partial charge is 0.414 e. The summed E-state index contributed by atoms with van der Waals surface area (Å²) in [6.07, 6.45) is 1.38. The van der Waals surface area contributed by atoms with Crippen LogP contribution in [0.2, 0.25) is 4.34 Å². The molecule has 3 aromatic heterocycles. The summed E-state index contributed by atoms with van der Waals surface area (Å²) in [5, 5.41) is 7.14. The molecule has 0 radical (unpaired) electrons. The Morgan fingerprint density at radius 3 is 2.81 bits per heavy atom. The van der Waals surface area contributed by atoms with Gasteiger partial charge in [0, 0.05) is 53.8 Å². The van der Waals surface area contributed by atoms with Crippen molar-refractivity contribution in [2.24, 2.45) is 0 Å². The first-order chi connectivity index (χ1) is 15.3. The first-order valence-corrected chi connectivity index (χ1v) is 12.7. The van der Waals surface area contributed by atoms with Gasteiger partial charge in [-0.05, 0) is 45.7 Å². The van der Waals surface area contributed by atoms with Gasteiger partial charge >= 0.3 is 6.09 Å². The van der Waals surface area contributed by atoms with Crippen LogP contribution in [0.3, 0.4) is 0 Å². The highest BCUT2D eigenvalue weighted by Crippen LogP contribution is 2.32. The van der Waals surface area contributed by atoms with Crippen LogP contribution in [0.4, 0.5) is 4.79 Å². The summed E-state index contributed by atoms with van der Waals surface area (Å²) in [6.45, 7) is 8.68. The van der Waals surface area contributed by atoms with Gasteiger partial charge in [0.25, 0.3) is 0 Å². The number of hydrogen-bond donors (Lipinski definition) is 1. The molecule has 4 heterocycles. The highest BCUT2D eigenvalue weighted by atomic mass is 127. The van der Waals surface area contributed by atoms with E-state index in [2.05, 4.69) is 56.8 Å². The topological polar surface area (TPSA) is 85.4 Å². The number of thiophene rings is 1. The molecule has 1 saturated heterocycles. The second kappa shape index (κ2) is 10.1. The molecular weight excluding hydrogens is 565 g/mol. The molecule has 32 heavy (non-hydrogen) atoms. The predicted octanol–water partition coefficient (Wildman–Crippen LogP) is 5.18. The minimum atomic E-state index is -0.463. The zero-order chi connectivity index (χ0) is 22.8. The number of aromatic nitrogens is 3. The number of ether oxygens (including phenoxy) is 1. The molecule has 3 aromatic rings. The van der Waals surface area contributed by atoms with Gasteiger partial charge in [-0.2, -0.15) is 4.98 Å². The molecule has 1 N–H and O–H groups in total. The van der Waals surface area contributed by atoms with E-state index in [0.29, 0.717) is 32.4 Å². The number of likely N-dealkylation sites (tertiary alicyclic amines) is 1. The van der Waals surface area contributed by atoms with E-state index >= 15 is 0 Å². The number of hydrogen-bond acceptors (Lipinski definition) is 7. The van der Waals surface area contributed by atoms with Crippen molar-refractivity contribution in [2.45, 2.75) is 52.2 Å². The van der Waals surface area contributed by atoms with Crippen molar-refractivity contribution in [2.75, 3.05) is 13.1 Å². The van der Waals surface area contributed by atoms with Crippen LogP contribution in [0.15, 0.2) is 22.7 Å². The lowest BCUT2D eigenvalue weighted by molar-refractivity contribution is 0.151. The van der Waals surface area contributed by atoms with E-state index in [-0.39, 0.29) is 6.04 Å². The summed E-state index contributed by atoms with van der Waals surface area (Å²) in [5.41, 5.74) is 1.50. The van der Waals surface area contributed by atoms with Gasteiger partial charge in [0.2, 0.25) is 5.88 Å². The van der Waals surface area contributed by atoms with Gasteiger partial charge in [-0.25, -0.2) is 4.79 Å². The van der Waals surface area contributed by atoms with Gasteiger partial charge in [0.1, 0.15) is 5.69 Å². The molecule has 0 saturated carbocycles. The van der Waals surface area contributed by atoms with Crippen molar-refractivity contribution in [3.05, 3.63) is 37.8 Å². The lowest BCUT2D eigenvalue weighted by Gasteiger charge is -2.34. The maximum Gasteiger partial charge on any atom is 0.414 e. The Labute approximate surface area is 209 Å². The van der Waals surface area contributed by atoms with Crippen LogP contribution in [0, 0.1) is 10.8 Å². The average molecular weight is 590 g/mol. The van der Waals surface area contributed by atoms with Gasteiger partial charge in [-0.15, -0.1) is 11.3 Å². The van der Waals surface area contributed by atoms with Gasteiger partial charge in [0.15, 0.2) is 9.59 Å². The monoisotopic (exact) mass is 589 g/mol. The molecule has 1 fully saturated rings. The molecule has 1 amide bonds. The molecular formula is C21H25ClIN5O3S. The van der Waals surface area contributed by atoms with Crippen molar-refractivity contribution in [1.29, 1.82) is 0 Å². The van der Waals surface area contributed by atoms with E-state index in [0.717, 1.165) is 42.2 Å². The molecule has 11 heteroatoms. The Bertz CT molecular complexity index is 1090. The minimum Gasteiger partial charge on any atom is -0.389 e. The number of rotatable bonds is 6. The molecule has 0 atom stereocenters. The Balaban J connectivity index is 1.37. The molecule has 172 valence electrons. The normalized spacial score (nSPS) is 15.4. The van der Waals surface area contributed by atoms with Crippen molar-refractivity contribution in [3.63, 3.8) is 0 Å². The summed E-state index contributed by atoms with van der Waals surface area (Å²) in [4.78, 5) is 20.2. The number of amides is 1. The Hall–Kier alpha value is -1.63. The SMILES string of the molecule is Cc1c(OC(=O)NC2CCN(C(C)C)CC2)nc(I)n1Cc1cc(-c2ccc(Cl)s2)on1. The maximum absolute atomic E-state index is 12.5. The zero-order valence-corrected chi connectivity index (χ0v) is 21.8. The Morgan fingerprint density at radius 2 is 2.16 bits per heavy atom. The molecule has 1 aliphatic heterocycles. The molecule has 8 nitrogen and oxygen atoms in total. The second-order valence-corrected chi connectivity index (χ2v) is 10.8. The fourth-order valence-electron chi connectivity index (χ4n) is 3.71. The second-order valence-electron chi connectivity index (χ2n) is 8.08. The smallest absolute Gasteiger partial charge is 0.389 e. The lowest BCUT2D eigenvalue weighted by atomic mass is 10.0. The third-order valence-electron chi connectivity index (χ3n) is 5.60. The Morgan fingerprint density at radius 1 is 1.41 bits per heavy atom. The van der Waals surface area contributed by atoms with Crippen molar-refractivity contribution in [3.8, 4) is 16.5 Å². The van der Waals surface area contributed by atoms with E-state index in [9.17, 15) is 4.79 Å². The van der Waals surface area contributed by atoms with Gasteiger partial charge in [-0.1, -0.05) is 16.8 Å². The first-order valence-electron chi connectivity index (χ1n) is 10.5. The van der Waals surface area contributed by atoms with Gasteiger partial charge < -0.3 is 24.0 Å². The minimum absolute atomic E-state index is 0.123. The Kier molecular flexibility index (Phi) is 7.43. The number of piperidine rings is 1. The molecule has 0 unspecified atom stereocenters. The average Bonchev–Trinajstić information content (AvgIpc) is 3.45. The van der Waals surface area contributed by atoms with Crippen LogP contribution < -0.4 is 10.1 Å². The van der Waals surface area contributed by atoms with Crippen molar-refractivity contribution >= 4 is 51.6 Å². The molecule has 0 spiro atoms. The van der Waals surface area contributed by atoms with Gasteiger partial charge in [-0.3, -0.25) is 0 Å². The molecule has 0 bridgehead atoms. The third-order valence-corrected chi connectivity index (χ3v) is 7.67. The number of nitrogens with one attached hydrogen (secondary N) is 1.